The number of likely N-dealkylation sites (N-methyl/N-ethyl adjacent to an activating group) is 1. The van der Waals surface area contributed by atoms with E-state index in [-0.39, 0.29) is 11.6 Å². The maximum Gasteiger partial charge on any atom is 0.129 e. The van der Waals surface area contributed by atoms with Gasteiger partial charge in [-0.15, -0.1) is 5.54 Å². The van der Waals surface area contributed by atoms with Gasteiger partial charge in [0.15, 0.2) is 0 Å². The summed E-state index contributed by atoms with van der Waals surface area (Å²) >= 11 is 0. The molecule has 2 aromatic rings. The fraction of sp³-hybridized carbons (Fsp3) is 0.440. The summed E-state index contributed by atoms with van der Waals surface area (Å²) in [5, 5.41) is 17.4. The van der Waals surface area contributed by atoms with E-state index in [1.54, 1.807) is 7.05 Å². The van der Waals surface area contributed by atoms with Crippen molar-refractivity contribution in [1.82, 2.24) is 10.6 Å². The average molecular weight is 443 g/mol. The first kappa shape index (κ1) is 23.6. The minimum atomic E-state index is -1.44. The summed E-state index contributed by atoms with van der Waals surface area (Å²) in [4.78, 5) is 0. The molecule has 3 nitrogen and oxygen atoms in total. The summed E-state index contributed by atoms with van der Waals surface area (Å²) in [7, 11) is 0.309. The Kier molecular flexibility index (Phi) is 7.33. The van der Waals surface area contributed by atoms with Crippen LogP contribution in [0.2, 0.25) is 19.6 Å². The van der Waals surface area contributed by atoms with Crippen molar-refractivity contribution in [3.63, 3.8) is 0 Å². The van der Waals surface area contributed by atoms with Crippen molar-refractivity contribution in [2.75, 3.05) is 13.6 Å². The third kappa shape index (κ3) is 6.72. The first-order valence-electron chi connectivity index (χ1n) is 10.8. The van der Waals surface area contributed by atoms with E-state index in [0.29, 0.717) is 18.5 Å². The van der Waals surface area contributed by atoms with Crippen LogP contribution in [-0.2, 0) is 12.0 Å². The number of aliphatic hydroxyl groups is 1. The molecule has 0 bridgehead atoms. The van der Waals surface area contributed by atoms with Crippen LogP contribution in [0.3, 0.4) is 0 Å². The predicted octanol–water partition coefficient (Wildman–Crippen LogP) is 3.96. The third-order valence-corrected chi connectivity index (χ3v) is 6.48. The quantitative estimate of drug-likeness (QED) is 0.428. The van der Waals surface area contributed by atoms with Crippen LogP contribution in [-0.4, -0.2) is 38.9 Å². The van der Waals surface area contributed by atoms with Gasteiger partial charge in [-0.1, -0.05) is 37.7 Å². The summed E-state index contributed by atoms with van der Waals surface area (Å²) in [6, 6.07) is 11.5. The van der Waals surface area contributed by atoms with Gasteiger partial charge in [-0.25, -0.2) is 8.78 Å². The molecule has 1 aliphatic carbocycles. The van der Waals surface area contributed by atoms with Gasteiger partial charge in [-0.2, -0.15) is 0 Å². The summed E-state index contributed by atoms with van der Waals surface area (Å²) in [6.45, 7) is 7.07. The molecule has 0 amide bonds. The minimum Gasteiger partial charge on any atom is -0.390 e. The molecule has 1 saturated carbocycles. The highest BCUT2D eigenvalue weighted by atomic mass is 28.3. The highest BCUT2D eigenvalue weighted by molar-refractivity contribution is 6.83. The van der Waals surface area contributed by atoms with Gasteiger partial charge in [0.1, 0.15) is 19.7 Å². The van der Waals surface area contributed by atoms with Crippen molar-refractivity contribution in [3.05, 3.63) is 70.8 Å². The lowest BCUT2D eigenvalue weighted by Crippen LogP contribution is -2.47. The van der Waals surface area contributed by atoms with Crippen LogP contribution in [0.1, 0.15) is 29.5 Å². The Morgan fingerprint density at radius 3 is 2.35 bits per heavy atom. The van der Waals surface area contributed by atoms with E-state index >= 15 is 0 Å². The third-order valence-electron chi connectivity index (χ3n) is 5.61. The van der Waals surface area contributed by atoms with Crippen LogP contribution in [0.5, 0.6) is 0 Å². The van der Waals surface area contributed by atoms with Gasteiger partial charge in [0.05, 0.1) is 6.10 Å². The first-order chi connectivity index (χ1) is 14.6. The van der Waals surface area contributed by atoms with E-state index in [1.807, 2.05) is 12.1 Å². The van der Waals surface area contributed by atoms with Gasteiger partial charge >= 0.3 is 0 Å². The number of halogens is 2. The molecule has 0 heterocycles. The molecule has 0 aliphatic heterocycles. The minimum absolute atomic E-state index is 0.138. The molecule has 1 fully saturated rings. The van der Waals surface area contributed by atoms with Crippen LogP contribution >= 0.6 is 0 Å². The summed E-state index contributed by atoms with van der Waals surface area (Å²) in [6.07, 6.45) is 1.64. The van der Waals surface area contributed by atoms with Crippen LogP contribution in [0.4, 0.5) is 8.78 Å². The molecule has 0 radical (unpaired) electrons. The molecule has 6 heteroatoms. The lowest BCUT2D eigenvalue weighted by Gasteiger charge is -2.26. The number of benzene rings is 2. The molecular weight excluding hydrogens is 410 g/mol. The Morgan fingerprint density at radius 2 is 1.77 bits per heavy atom. The molecule has 2 aromatic carbocycles. The molecule has 0 saturated heterocycles. The van der Waals surface area contributed by atoms with E-state index in [9.17, 15) is 13.9 Å². The molecule has 31 heavy (non-hydrogen) atoms. The Balaban J connectivity index is 1.65. The van der Waals surface area contributed by atoms with E-state index in [2.05, 4.69) is 53.9 Å². The molecule has 166 valence electrons. The standard InChI is InChI=1S/C25H32F2N2OSi/c1-28-23(15-19-13-21(26)16-22(27)14-19)24(30)17-29-25(9-10-25)20-7-5-6-18(12-20)8-11-31(2,3)4/h5-7,12-14,16,23-24,28-30H,9-10,15,17H2,1-4H3/t23-,24+/m0/s1. The topological polar surface area (TPSA) is 44.3 Å². The molecule has 0 spiro atoms. The average Bonchev–Trinajstić information content (AvgIpc) is 3.49. The van der Waals surface area contributed by atoms with Gasteiger partial charge in [0.25, 0.3) is 0 Å². The second-order valence-electron chi connectivity index (χ2n) is 9.49. The zero-order chi connectivity index (χ0) is 22.6. The van der Waals surface area contributed by atoms with Crippen molar-refractivity contribution in [3.8, 4) is 11.5 Å². The maximum absolute atomic E-state index is 13.5. The number of aliphatic hydroxyl groups excluding tert-OH is 1. The van der Waals surface area contributed by atoms with Gasteiger partial charge < -0.3 is 15.7 Å². The summed E-state index contributed by atoms with van der Waals surface area (Å²) < 4.78 is 27.0. The lowest BCUT2D eigenvalue weighted by atomic mass is 9.99. The van der Waals surface area contributed by atoms with Crippen LogP contribution < -0.4 is 10.6 Å². The van der Waals surface area contributed by atoms with Crippen molar-refractivity contribution < 1.29 is 13.9 Å². The van der Waals surface area contributed by atoms with Crippen molar-refractivity contribution in [2.24, 2.45) is 0 Å². The van der Waals surface area contributed by atoms with Gasteiger partial charge in [-0.05, 0) is 61.7 Å². The van der Waals surface area contributed by atoms with E-state index in [4.69, 9.17) is 0 Å². The van der Waals surface area contributed by atoms with Gasteiger partial charge in [-0.3, -0.25) is 0 Å². The monoisotopic (exact) mass is 442 g/mol. The predicted molar refractivity (Wildman–Crippen MR) is 124 cm³/mol. The van der Waals surface area contributed by atoms with E-state index in [1.165, 1.54) is 17.7 Å². The molecule has 0 aromatic heterocycles. The molecule has 1 aliphatic rings. The van der Waals surface area contributed by atoms with E-state index < -0.39 is 25.8 Å². The highest BCUT2D eigenvalue weighted by Crippen LogP contribution is 2.45. The fourth-order valence-electron chi connectivity index (χ4n) is 3.70. The molecule has 3 N–H and O–H groups in total. The smallest absolute Gasteiger partial charge is 0.129 e. The maximum atomic E-state index is 13.5. The van der Waals surface area contributed by atoms with E-state index in [0.717, 1.165) is 24.5 Å². The Bertz CT molecular complexity index is 953. The molecule has 2 atom stereocenters. The summed E-state index contributed by atoms with van der Waals surface area (Å²) in [5.74, 6) is 2.11. The largest absolute Gasteiger partial charge is 0.390 e. The summed E-state index contributed by atoms with van der Waals surface area (Å²) in [5.41, 5.74) is 6.00. The number of hydrogen-bond donors (Lipinski definition) is 3. The van der Waals surface area contributed by atoms with Gasteiger partial charge in [0, 0.05) is 29.8 Å². The second-order valence-corrected chi connectivity index (χ2v) is 14.2. The van der Waals surface area contributed by atoms with Crippen molar-refractivity contribution in [2.45, 2.75) is 56.6 Å². The lowest BCUT2D eigenvalue weighted by molar-refractivity contribution is 0.123. The fourth-order valence-corrected chi connectivity index (χ4v) is 4.22. The van der Waals surface area contributed by atoms with Crippen LogP contribution in [0.15, 0.2) is 42.5 Å². The SMILES string of the molecule is CN[C@@H](Cc1cc(F)cc(F)c1)[C@H](O)CNC1(c2cccc(C#C[Si](C)(C)C)c2)CC1. The molecular formula is C25H32F2N2OSi. The van der Waals surface area contributed by atoms with Crippen molar-refractivity contribution in [1.29, 1.82) is 0 Å². The first-order valence-corrected chi connectivity index (χ1v) is 14.3. The van der Waals surface area contributed by atoms with Crippen LogP contribution in [0, 0.1) is 23.1 Å². The van der Waals surface area contributed by atoms with Gasteiger partial charge in [0.2, 0.25) is 0 Å². The number of hydrogen-bond acceptors (Lipinski definition) is 3. The number of rotatable bonds is 8. The Labute approximate surface area is 185 Å². The normalized spacial score (nSPS) is 16.9. The molecule has 3 rings (SSSR count). The second kappa shape index (κ2) is 9.62. The van der Waals surface area contributed by atoms with Crippen molar-refractivity contribution >= 4 is 8.07 Å². The highest BCUT2D eigenvalue weighted by Gasteiger charge is 2.44. The zero-order valence-corrected chi connectivity index (χ0v) is 19.7. The Hall–Kier alpha value is -2.04. The van der Waals surface area contributed by atoms with Crippen LogP contribution in [0.25, 0.3) is 0 Å². The number of nitrogens with one attached hydrogen (secondary N) is 2. The Morgan fingerprint density at radius 1 is 1.10 bits per heavy atom. The molecule has 0 unspecified atom stereocenters. The zero-order valence-electron chi connectivity index (χ0n) is 18.7.